The molecular weight excluding hydrogens is 306 g/mol. The molecule has 0 radical (unpaired) electrons. The number of carbonyl (C=O) groups is 1. The Labute approximate surface area is 144 Å². The molecule has 1 aliphatic heterocycles. The monoisotopic (exact) mass is 335 g/mol. The Morgan fingerprint density at radius 1 is 1.29 bits per heavy atom. The molecule has 1 amide bonds. The van der Waals surface area contributed by atoms with Crippen LogP contribution < -0.4 is 10.5 Å². The molecule has 6 nitrogen and oxygen atoms in total. The number of hydrogen-bond donors (Lipinski definition) is 1. The van der Waals surface area contributed by atoms with E-state index >= 15 is 0 Å². The van der Waals surface area contributed by atoms with Crippen molar-refractivity contribution >= 4 is 11.6 Å². The van der Waals surface area contributed by atoms with Crippen molar-refractivity contribution in [2.45, 2.75) is 20.3 Å². The highest BCUT2D eigenvalue weighted by Gasteiger charge is 2.18. The molecule has 1 heterocycles. The van der Waals surface area contributed by atoms with Crippen LogP contribution >= 0.6 is 0 Å². The molecule has 0 atom stereocenters. The fourth-order valence-corrected chi connectivity index (χ4v) is 2.82. The van der Waals surface area contributed by atoms with Crippen molar-refractivity contribution in [3.8, 4) is 5.75 Å². The number of amides is 1. The normalized spacial score (nSPS) is 15.2. The molecule has 0 aliphatic carbocycles. The van der Waals surface area contributed by atoms with Crippen molar-refractivity contribution in [1.82, 2.24) is 9.80 Å². The number of ether oxygens (including phenoxy) is 2. The minimum absolute atomic E-state index is 0.0320. The number of nitrogen functional groups attached to an aromatic ring is 1. The summed E-state index contributed by atoms with van der Waals surface area (Å²) in [5, 5.41) is 0. The zero-order chi connectivity index (χ0) is 17.4. The van der Waals surface area contributed by atoms with Gasteiger partial charge in [0, 0.05) is 38.4 Å². The molecule has 0 saturated carbocycles. The van der Waals surface area contributed by atoms with Gasteiger partial charge in [-0.3, -0.25) is 9.69 Å². The number of carbonyl (C=O) groups excluding carboxylic acids is 1. The smallest absolute Gasteiger partial charge is 0.257 e. The van der Waals surface area contributed by atoms with E-state index in [1.807, 2.05) is 13.8 Å². The molecule has 2 rings (SSSR count). The van der Waals surface area contributed by atoms with Gasteiger partial charge in [-0.05, 0) is 38.5 Å². The molecule has 0 bridgehead atoms. The van der Waals surface area contributed by atoms with E-state index in [1.54, 1.807) is 23.1 Å². The molecule has 1 aliphatic rings. The third-order valence-electron chi connectivity index (χ3n) is 4.26. The maximum atomic E-state index is 12.6. The van der Waals surface area contributed by atoms with Crippen LogP contribution in [0.1, 0.15) is 30.6 Å². The Balaban J connectivity index is 1.92. The largest absolute Gasteiger partial charge is 0.493 e. The summed E-state index contributed by atoms with van der Waals surface area (Å²) < 4.78 is 11.2. The highest BCUT2D eigenvalue weighted by molar-refractivity contribution is 5.97. The van der Waals surface area contributed by atoms with Gasteiger partial charge in [0.05, 0.1) is 25.4 Å². The van der Waals surface area contributed by atoms with E-state index in [4.69, 9.17) is 15.2 Å². The molecule has 6 heteroatoms. The highest BCUT2D eigenvalue weighted by Crippen LogP contribution is 2.23. The molecule has 134 valence electrons. The Morgan fingerprint density at radius 2 is 2.00 bits per heavy atom. The lowest BCUT2D eigenvalue weighted by atomic mass is 10.1. The van der Waals surface area contributed by atoms with Gasteiger partial charge in [-0.25, -0.2) is 0 Å². The first-order valence-corrected chi connectivity index (χ1v) is 8.77. The number of nitrogens with two attached hydrogens (primary N) is 1. The van der Waals surface area contributed by atoms with Crippen molar-refractivity contribution in [3.05, 3.63) is 23.8 Å². The number of hydrogen-bond acceptors (Lipinski definition) is 5. The summed E-state index contributed by atoms with van der Waals surface area (Å²) in [6.45, 7) is 10.4. The zero-order valence-electron chi connectivity index (χ0n) is 14.8. The predicted molar refractivity (Wildman–Crippen MR) is 95.5 cm³/mol. The predicted octanol–water partition coefficient (Wildman–Crippen LogP) is 1.85. The summed E-state index contributed by atoms with van der Waals surface area (Å²) in [6, 6.07) is 5.27. The van der Waals surface area contributed by atoms with Gasteiger partial charge in [-0.15, -0.1) is 0 Å². The van der Waals surface area contributed by atoms with E-state index in [0.29, 0.717) is 36.7 Å². The Kier molecular flexibility index (Phi) is 7.34. The topological polar surface area (TPSA) is 68.0 Å². The van der Waals surface area contributed by atoms with Crippen LogP contribution in [0.15, 0.2) is 18.2 Å². The van der Waals surface area contributed by atoms with Gasteiger partial charge in [0.15, 0.2) is 0 Å². The Hall–Kier alpha value is -1.79. The molecule has 2 N–H and O–H groups in total. The quantitative estimate of drug-likeness (QED) is 0.580. The minimum atomic E-state index is -0.0320. The molecule has 0 spiro atoms. The van der Waals surface area contributed by atoms with Crippen molar-refractivity contribution < 1.29 is 14.3 Å². The van der Waals surface area contributed by atoms with Crippen molar-refractivity contribution in [1.29, 1.82) is 0 Å². The first-order chi connectivity index (χ1) is 11.7. The van der Waals surface area contributed by atoms with E-state index < -0.39 is 0 Å². The van der Waals surface area contributed by atoms with E-state index in [9.17, 15) is 4.79 Å². The lowest BCUT2D eigenvalue weighted by Gasteiger charge is -2.26. The van der Waals surface area contributed by atoms with Crippen molar-refractivity contribution in [3.63, 3.8) is 0 Å². The van der Waals surface area contributed by atoms with Gasteiger partial charge in [0.1, 0.15) is 5.75 Å². The van der Waals surface area contributed by atoms with Crippen LogP contribution in [-0.4, -0.2) is 68.3 Å². The number of rotatable bonds is 8. The molecule has 1 saturated heterocycles. The second-order valence-electron chi connectivity index (χ2n) is 5.89. The maximum Gasteiger partial charge on any atom is 0.257 e. The summed E-state index contributed by atoms with van der Waals surface area (Å²) >= 11 is 0. The summed E-state index contributed by atoms with van der Waals surface area (Å²) in [7, 11) is 0. The third-order valence-corrected chi connectivity index (χ3v) is 4.26. The number of anilines is 1. The summed E-state index contributed by atoms with van der Waals surface area (Å²) in [4.78, 5) is 16.8. The standard InChI is InChI=1S/C18H29N3O3/c1-3-21(4-2)18(22)16-14-15(19)6-7-17(16)24-11-5-8-20-9-12-23-13-10-20/h6-7,14H,3-5,8-13,19H2,1-2H3. The van der Waals surface area contributed by atoms with Crippen LogP contribution in [0.25, 0.3) is 0 Å². The molecule has 1 fully saturated rings. The summed E-state index contributed by atoms with van der Waals surface area (Å²) in [5.41, 5.74) is 6.98. The Morgan fingerprint density at radius 3 is 2.67 bits per heavy atom. The molecule has 0 unspecified atom stereocenters. The lowest BCUT2D eigenvalue weighted by Crippen LogP contribution is -2.37. The van der Waals surface area contributed by atoms with Gasteiger partial charge in [0.2, 0.25) is 0 Å². The van der Waals surface area contributed by atoms with Crippen LogP contribution in [-0.2, 0) is 4.74 Å². The average molecular weight is 335 g/mol. The minimum Gasteiger partial charge on any atom is -0.493 e. The van der Waals surface area contributed by atoms with Crippen LogP contribution in [0.2, 0.25) is 0 Å². The first-order valence-electron chi connectivity index (χ1n) is 8.77. The highest BCUT2D eigenvalue weighted by atomic mass is 16.5. The van der Waals surface area contributed by atoms with E-state index in [1.165, 1.54) is 0 Å². The van der Waals surface area contributed by atoms with Gasteiger partial charge in [-0.2, -0.15) is 0 Å². The van der Waals surface area contributed by atoms with Gasteiger partial charge in [-0.1, -0.05) is 0 Å². The molecule has 0 aromatic heterocycles. The number of nitrogens with zero attached hydrogens (tertiary/aromatic N) is 2. The summed E-state index contributed by atoms with van der Waals surface area (Å²) in [6.07, 6.45) is 0.920. The number of benzene rings is 1. The maximum absolute atomic E-state index is 12.6. The van der Waals surface area contributed by atoms with E-state index in [-0.39, 0.29) is 5.91 Å². The summed E-state index contributed by atoms with van der Waals surface area (Å²) in [5.74, 6) is 0.582. The second kappa shape index (κ2) is 9.49. The first kappa shape index (κ1) is 18.5. The van der Waals surface area contributed by atoms with Crippen LogP contribution in [0, 0.1) is 0 Å². The van der Waals surface area contributed by atoms with Crippen LogP contribution in [0.4, 0.5) is 5.69 Å². The zero-order valence-corrected chi connectivity index (χ0v) is 14.8. The van der Waals surface area contributed by atoms with E-state index in [2.05, 4.69) is 4.90 Å². The molecule has 1 aromatic carbocycles. The van der Waals surface area contributed by atoms with E-state index in [0.717, 1.165) is 39.3 Å². The third kappa shape index (κ3) is 5.11. The number of morpholine rings is 1. The van der Waals surface area contributed by atoms with Crippen LogP contribution in [0.3, 0.4) is 0 Å². The molecule has 1 aromatic rings. The Bertz CT molecular complexity index is 526. The van der Waals surface area contributed by atoms with Crippen LogP contribution in [0.5, 0.6) is 5.75 Å². The fraction of sp³-hybridized carbons (Fsp3) is 0.611. The van der Waals surface area contributed by atoms with Crippen molar-refractivity contribution in [2.24, 2.45) is 0 Å². The average Bonchev–Trinajstić information content (AvgIpc) is 2.61. The van der Waals surface area contributed by atoms with Gasteiger partial charge in [0.25, 0.3) is 5.91 Å². The molecule has 24 heavy (non-hydrogen) atoms. The van der Waals surface area contributed by atoms with Gasteiger partial charge < -0.3 is 20.1 Å². The lowest BCUT2D eigenvalue weighted by molar-refractivity contribution is 0.0357. The second-order valence-corrected chi connectivity index (χ2v) is 5.89. The molecular formula is C18H29N3O3. The fourth-order valence-electron chi connectivity index (χ4n) is 2.82. The van der Waals surface area contributed by atoms with Crippen molar-refractivity contribution in [2.75, 3.05) is 58.3 Å². The SMILES string of the molecule is CCN(CC)C(=O)c1cc(N)ccc1OCCCN1CCOCC1. The van der Waals surface area contributed by atoms with Gasteiger partial charge >= 0.3 is 0 Å².